The first kappa shape index (κ1) is 18.2. The van der Waals surface area contributed by atoms with Gasteiger partial charge in [0.25, 0.3) is 17.4 Å². The van der Waals surface area contributed by atoms with Crippen LogP contribution in [0.2, 0.25) is 0 Å². The Bertz CT molecular complexity index is 1270. The maximum atomic E-state index is 12.5. The van der Waals surface area contributed by atoms with Gasteiger partial charge in [-0.2, -0.15) is 5.10 Å². The topological polar surface area (TPSA) is 118 Å². The summed E-state index contributed by atoms with van der Waals surface area (Å²) in [7, 11) is 0. The summed E-state index contributed by atoms with van der Waals surface area (Å²) < 4.78 is 6.80. The van der Waals surface area contributed by atoms with Crippen LogP contribution in [-0.2, 0) is 0 Å². The Morgan fingerprint density at radius 1 is 1.07 bits per heavy atom. The second-order valence-electron chi connectivity index (χ2n) is 6.16. The monoisotopic (exact) mass is 391 g/mol. The van der Waals surface area contributed by atoms with E-state index in [1.807, 2.05) is 6.92 Å². The predicted molar refractivity (Wildman–Crippen MR) is 106 cm³/mol. The molecule has 0 aliphatic heterocycles. The van der Waals surface area contributed by atoms with Crippen LogP contribution < -0.4 is 21.1 Å². The minimum absolute atomic E-state index is 0.125. The van der Waals surface area contributed by atoms with Crippen molar-refractivity contribution in [3.63, 3.8) is 0 Å². The Morgan fingerprint density at radius 3 is 2.55 bits per heavy atom. The van der Waals surface area contributed by atoms with Crippen LogP contribution in [0.5, 0.6) is 5.75 Å². The molecule has 0 bridgehead atoms. The van der Waals surface area contributed by atoms with E-state index in [4.69, 9.17) is 4.74 Å². The van der Waals surface area contributed by atoms with Gasteiger partial charge in [0.2, 0.25) is 0 Å². The molecule has 0 aliphatic carbocycles. The number of aromatic nitrogens is 3. The maximum absolute atomic E-state index is 12.5. The second-order valence-corrected chi connectivity index (χ2v) is 6.16. The van der Waals surface area contributed by atoms with E-state index in [2.05, 4.69) is 20.9 Å². The van der Waals surface area contributed by atoms with E-state index in [0.717, 1.165) is 0 Å². The third-order valence-corrected chi connectivity index (χ3v) is 4.34. The summed E-state index contributed by atoms with van der Waals surface area (Å²) in [4.78, 5) is 39.7. The van der Waals surface area contributed by atoms with Crippen LogP contribution in [0.4, 0.5) is 0 Å². The van der Waals surface area contributed by atoms with Crippen molar-refractivity contribution in [1.29, 1.82) is 0 Å². The molecule has 0 saturated carbocycles. The van der Waals surface area contributed by atoms with E-state index in [-0.39, 0.29) is 16.8 Å². The van der Waals surface area contributed by atoms with Crippen LogP contribution in [0.25, 0.3) is 16.6 Å². The van der Waals surface area contributed by atoms with Crippen molar-refractivity contribution in [2.24, 2.45) is 0 Å². The van der Waals surface area contributed by atoms with E-state index in [1.165, 1.54) is 10.7 Å². The summed E-state index contributed by atoms with van der Waals surface area (Å²) in [6, 6.07) is 13.4. The average molecular weight is 391 g/mol. The van der Waals surface area contributed by atoms with Crippen molar-refractivity contribution in [1.82, 2.24) is 25.4 Å². The Morgan fingerprint density at radius 2 is 1.79 bits per heavy atom. The van der Waals surface area contributed by atoms with Gasteiger partial charge in [-0.25, -0.2) is 4.52 Å². The number of para-hydroxylation sites is 1. The number of amides is 2. The molecule has 0 atom stereocenters. The van der Waals surface area contributed by atoms with Crippen molar-refractivity contribution in [2.45, 2.75) is 6.92 Å². The lowest BCUT2D eigenvalue weighted by atomic mass is 10.2. The molecule has 29 heavy (non-hydrogen) atoms. The number of benzene rings is 2. The van der Waals surface area contributed by atoms with Crippen molar-refractivity contribution >= 4 is 28.4 Å². The molecule has 2 aromatic carbocycles. The molecule has 3 N–H and O–H groups in total. The SMILES string of the molecule is CCOc1ccc(C(=O)NNC(=O)c2cnn3c2[nH]c(=O)c2ccccc23)cc1. The Hall–Kier alpha value is -4.14. The van der Waals surface area contributed by atoms with Gasteiger partial charge in [-0.1, -0.05) is 12.1 Å². The number of H-pyrrole nitrogens is 1. The zero-order chi connectivity index (χ0) is 20.4. The third-order valence-electron chi connectivity index (χ3n) is 4.34. The number of hydrogen-bond donors (Lipinski definition) is 3. The van der Waals surface area contributed by atoms with Gasteiger partial charge >= 0.3 is 0 Å². The number of ether oxygens (including phenoxy) is 1. The van der Waals surface area contributed by atoms with Crippen molar-refractivity contribution in [2.75, 3.05) is 6.61 Å². The summed E-state index contributed by atoms with van der Waals surface area (Å²) in [5.41, 5.74) is 5.64. The van der Waals surface area contributed by atoms with Gasteiger partial charge in [-0.15, -0.1) is 0 Å². The van der Waals surface area contributed by atoms with Gasteiger partial charge in [0, 0.05) is 5.56 Å². The quantitative estimate of drug-likeness (QED) is 0.457. The molecule has 2 amide bonds. The standard InChI is InChI=1S/C20H17N5O4/c1-2-29-13-9-7-12(8-10-13)18(26)23-24-20(28)15-11-21-25-16-6-4-3-5-14(16)19(27)22-17(15)25/h3-11H,2H2,1H3,(H,22,27)(H,23,26)(H,24,28). The third kappa shape index (κ3) is 3.41. The van der Waals surface area contributed by atoms with Crippen molar-refractivity contribution < 1.29 is 14.3 Å². The van der Waals surface area contributed by atoms with Crippen molar-refractivity contribution in [3.05, 3.63) is 76.2 Å². The first-order valence-electron chi connectivity index (χ1n) is 8.91. The normalized spacial score (nSPS) is 10.8. The average Bonchev–Trinajstić information content (AvgIpc) is 3.17. The molecular formula is C20H17N5O4. The van der Waals surface area contributed by atoms with Gasteiger partial charge < -0.3 is 9.72 Å². The van der Waals surface area contributed by atoms with Gasteiger partial charge in [0.15, 0.2) is 0 Å². The summed E-state index contributed by atoms with van der Waals surface area (Å²) in [6.07, 6.45) is 1.33. The zero-order valence-corrected chi connectivity index (χ0v) is 15.4. The molecule has 0 radical (unpaired) electrons. The number of fused-ring (bicyclic) bond motifs is 3. The van der Waals surface area contributed by atoms with Gasteiger partial charge in [-0.05, 0) is 43.3 Å². The Balaban J connectivity index is 1.53. The number of rotatable bonds is 4. The first-order valence-corrected chi connectivity index (χ1v) is 8.91. The number of hydrazine groups is 1. The molecule has 9 heteroatoms. The summed E-state index contributed by atoms with van der Waals surface area (Å²) in [5.74, 6) is -0.447. The minimum Gasteiger partial charge on any atom is -0.494 e. The summed E-state index contributed by atoms with van der Waals surface area (Å²) in [5, 5.41) is 4.64. The lowest BCUT2D eigenvalue weighted by Gasteiger charge is -2.08. The molecular weight excluding hydrogens is 374 g/mol. The van der Waals surface area contributed by atoms with Crippen LogP contribution in [0.3, 0.4) is 0 Å². The molecule has 0 saturated heterocycles. The lowest BCUT2D eigenvalue weighted by molar-refractivity contribution is 0.0847. The largest absolute Gasteiger partial charge is 0.494 e. The molecule has 146 valence electrons. The fourth-order valence-electron chi connectivity index (χ4n) is 2.96. The van der Waals surface area contributed by atoms with E-state index in [9.17, 15) is 14.4 Å². The molecule has 0 fully saturated rings. The highest BCUT2D eigenvalue weighted by molar-refractivity contribution is 6.02. The zero-order valence-electron chi connectivity index (χ0n) is 15.4. The Kier molecular flexibility index (Phi) is 4.70. The van der Waals surface area contributed by atoms with Crippen LogP contribution in [-0.4, -0.2) is 33.0 Å². The number of aromatic amines is 1. The first-order chi connectivity index (χ1) is 14.1. The molecule has 9 nitrogen and oxygen atoms in total. The second kappa shape index (κ2) is 7.47. The predicted octanol–water partition coefficient (Wildman–Crippen LogP) is 1.65. The molecule has 0 unspecified atom stereocenters. The molecule has 2 aromatic heterocycles. The van der Waals surface area contributed by atoms with Crippen LogP contribution >= 0.6 is 0 Å². The highest BCUT2D eigenvalue weighted by atomic mass is 16.5. The lowest BCUT2D eigenvalue weighted by Crippen LogP contribution is -2.41. The fourth-order valence-corrected chi connectivity index (χ4v) is 2.96. The van der Waals surface area contributed by atoms with E-state index >= 15 is 0 Å². The number of carbonyl (C=O) groups excluding carboxylic acids is 2. The van der Waals surface area contributed by atoms with Crippen molar-refractivity contribution in [3.8, 4) is 5.75 Å². The van der Waals surface area contributed by atoms with Crippen LogP contribution in [0.1, 0.15) is 27.6 Å². The maximum Gasteiger partial charge on any atom is 0.275 e. The highest BCUT2D eigenvalue weighted by Crippen LogP contribution is 2.14. The minimum atomic E-state index is -0.606. The Labute approximate surface area is 164 Å². The number of carbonyl (C=O) groups is 2. The molecule has 2 heterocycles. The number of nitrogens with one attached hydrogen (secondary N) is 3. The molecule has 4 rings (SSSR count). The fraction of sp³-hybridized carbons (Fsp3) is 0.100. The van der Waals surface area contributed by atoms with E-state index in [1.54, 1.807) is 48.5 Å². The number of hydrogen-bond acceptors (Lipinski definition) is 5. The highest BCUT2D eigenvalue weighted by Gasteiger charge is 2.17. The van der Waals surface area contributed by atoms with Crippen LogP contribution in [0.15, 0.2) is 59.5 Å². The summed E-state index contributed by atoms with van der Waals surface area (Å²) in [6.45, 7) is 2.39. The van der Waals surface area contributed by atoms with E-state index < -0.39 is 11.8 Å². The van der Waals surface area contributed by atoms with Gasteiger partial charge in [0.1, 0.15) is 17.0 Å². The molecule has 4 aromatic rings. The van der Waals surface area contributed by atoms with Crippen LogP contribution in [0, 0.1) is 0 Å². The molecule has 0 spiro atoms. The molecule has 0 aliphatic rings. The van der Waals surface area contributed by atoms with Gasteiger partial charge in [-0.3, -0.25) is 25.2 Å². The van der Waals surface area contributed by atoms with Gasteiger partial charge in [0.05, 0.1) is 23.7 Å². The smallest absolute Gasteiger partial charge is 0.275 e. The summed E-state index contributed by atoms with van der Waals surface area (Å²) >= 11 is 0. The van der Waals surface area contributed by atoms with E-state index in [0.29, 0.717) is 28.8 Å². The number of nitrogens with zero attached hydrogens (tertiary/aromatic N) is 2.